The molecule has 108 valence electrons. The van der Waals surface area contributed by atoms with Gasteiger partial charge in [0.05, 0.1) is 32.6 Å². The minimum absolute atomic E-state index is 0.247. The van der Waals surface area contributed by atoms with Crippen molar-refractivity contribution in [1.82, 2.24) is 0 Å². The molecular weight excluding hydrogens is 259 g/mol. The largest absolute Gasteiger partial charge is 0.508 e. The second-order valence-corrected chi connectivity index (χ2v) is 5.59. The van der Waals surface area contributed by atoms with Gasteiger partial charge in [0.15, 0.2) is 0 Å². The van der Waals surface area contributed by atoms with Crippen LogP contribution in [0.2, 0.25) is 0 Å². The zero-order valence-corrected chi connectivity index (χ0v) is 12.2. The molecule has 0 aliphatic heterocycles. The second kappa shape index (κ2) is 10.4. The third-order valence-corrected chi connectivity index (χ3v) is 4.13. The van der Waals surface area contributed by atoms with Crippen LogP contribution in [0.3, 0.4) is 0 Å². The topological polar surface area (TPSA) is 71.1 Å². The van der Waals surface area contributed by atoms with Crippen molar-refractivity contribution >= 4 is 13.8 Å². The lowest BCUT2D eigenvalue weighted by atomic mass is 10.4. The van der Waals surface area contributed by atoms with E-state index in [0.717, 1.165) is 0 Å². The first-order valence-corrected chi connectivity index (χ1v) is 7.98. The van der Waals surface area contributed by atoms with Gasteiger partial charge < -0.3 is 18.5 Å². The first-order chi connectivity index (χ1) is 8.58. The molecule has 0 heterocycles. The van der Waals surface area contributed by atoms with E-state index in [1.54, 1.807) is 20.8 Å². The van der Waals surface area contributed by atoms with Gasteiger partial charge in [-0.05, 0) is 33.6 Å². The fourth-order valence-electron chi connectivity index (χ4n) is 1.28. The molecule has 0 aromatic heterocycles. The standard InChI is InChI=1S/C11H23O6P/c1-4-14-11(12)15-9-7-8-10-18(13,16-5-2)17-6-3/h4-10H2,1-3H3. The maximum Gasteiger partial charge on any atom is 0.508 e. The first kappa shape index (κ1) is 17.4. The van der Waals surface area contributed by atoms with Gasteiger partial charge in [-0.25, -0.2) is 4.79 Å². The van der Waals surface area contributed by atoms with Crippen LogP contribution >= 0.6 is 7.60 Å². The molecule has 0 atom stereocenters. The van der Waals surface area contributed by atoms with Gasteiger partial charge in [-0.2, -0.15) is 0 Å². The monoisotopic (exact) mass is 282 g/mol. The molecule has 0 aliphatic carbocycles. The third kappa shape index (κ3) is 8.50. The van der Waals surface area contributed by atoms with Crippen molar-refractivity contribution in [1.29, 1.82) is 0 Å². The van der Waals surface area contributed by atoms with E-state index in [0.29, 0.717) is 38.8 Å². The summed E-state index contributed by atoms with van der Waals surface area (Å²) in [6.07, 6.45) is 0.871. The van der Waals surface area contributed by atoms with E-state index in [4.69, 9.17) is 13.8 Å². The molecular formula is C11H23O6P. The highest BCUT2D eigenvalue weighted by Gasteiger charge is 2.22. The predicted molar refractivity (Wildman–Crippen MR) is 67.9 cm³/mol. The quantitative estimate of drug-likeness (QED) is 0.348. The van der Waals surface area contributed by atoms with Gasteiger partial charge in [0.25, 0.3) is 0 Å². The summed E-state index contributed by atoms with van der Waals surface area (Å²) in [6, 6.07) is 0. The van der Waals surface area contributed by atoms with Crippen LogP contribution in [-0.4, -0.2) is 38.7 Å². The summed E-state index contributed by atoms with van der Waals surface area (Å²) < 4.78 is 31.7. The van der Waals surface area contributed by atoms with Crippen LogP contribution in [0.15, 0.2) is 0 Å². The van der Waals surface area contributed by atoms with Crippen LogP contribution in [0.4, 0.5) is 4.79 Å². The molecule has 7 heteroatoms. The summed E-state index contributed by atoms with van der Waals surface area (Å²) in [4.78, 5) is 10.9. The molecule has 0 radical (unpaired) electrons. The number of hydrogen-bond acceptors (Lipinski definition) is 6. The number of ether oxygens (including phenoxy) is 2. The Hall–Kier alpha value is -0.580. The Balaban J connectivity index is 3.73. The number of unbranched alkanes of at least 4 members (excludes halogenated alkanes) is 1. The summed E-state index contributed by atoms with van der Waals surface area (Å²) in [5.74, 6) is 0. The highest BCUT2D eigenvalue weighted by atomic mass is 31.2. The van der Waals surface area contributed by atoms with Crippen molar-refractivity contribution in [2.75, 3.05) is 32.6 Å². The van der Waals surface area contributed by atoms with Crippen molar-refractivity contribution in [3.63, 3.8) is 0 Å². The molecule has 0 spiro atoms. The van der Waals surface area contributed by atoms with Gasteiger partial charge in [0.1, 0.15) is 0 Å². The summed E-state index contributed by atoms with van der Waals surface area (Å²) >= 11 is 0. The van der Waals surface area contributed by atoms with E-state index in [1.165, 1.54) is 0 Å². The van der Waals surface area contributed by atoms with Crippen LogP contribution in [0.5, 0.6) is 0 Å². The summed E-state index contributed by atoms with van der Waals surface area (Å²) in [7, 11) is -2.97. The average molecular weight is 282 g/mol. The van der Waals surface area contributed by atoms with Crippen molar-refractivity contribution in [3.8, 4) is 0 Å². The number of hydrogen-bond donors (Lipinski definition) is 0. The van der Waals surface area contributed by atoms with Crippen LogP contribution in [0.1, 0.15) is 33.6 Å². The maximum atomic E-state index is 12.0. The molecule has 0 fully saturated rings. The number of carbonyl (C=O) groups is 1. The van der Waals surface area contributed by atoms with E-state index in [9.17, 15) is 9.36 Å². The smallest absolute Gasteiger partial charge is 0.435 e. The van der Waals surface area contributed by atoms with Gasteiger partial charge in [0, 0.05) is 0 Å². The van der Waals surface area contributed by atoms with Crippen molar-refractivity contribution in [3.05, 3.63) is 0 Å². The predicted octanol–water partition coefficient (Wildman–Crippen LogP) is 3.21. The lowest BCUT2D eigenvalue weighted by Gasteiger charge is -2.16. The SMILES string of the molecule is CCOC(=O)OCCCCP(=O)(OCC)OCC. The lowest BCUT2D eigenvalue weighted by molar-refractivity contribution is 0.0582. The van der Waals surface area contributed by atoms with Crippen molar-refractivity contribution in [2.45, 2.75) is 33.6 Å². The van der Waals surface area contributed by atoms with E-state index in [-0.39, 0.29) is 6.61 Å². The van der Waals surface area contributed by atoms with Crippen LogP contribution in [0, 0.1) is 0 Å². The van der Waals surface area contributed by atoms with Gasteiger partial charge in [0.2, 0.25) is 0 Å². The minimum Gasteiger partial charge on any atom is -0.435 e. The Kier molecular flexibility index (Phi) is 10.0. The molecule has 0 aromatic carbocycles. The van der Waals surface area contributed by atoms with Crippen LogP contribution in [0.25, 0.3) is 0 Å². The second-order valence-electron chi connectivity index (χ2n) is 3.41. The van der Waals surface area contributed by atoms with Crippen LogP contribution in [-0.2, 0) is 23.1 Å². The first-order valence-electron chi connectivity index (χ1n) is 6.25. The zero-order valence-electron chi connectivity index (χ0n) is 11.3. The van der Waals surface area contributed by atoms with Crippen molar-refractivity contribution < 1.29 is 27.9 Å². The molecule has 0 amide bonds. The summed E-state index contributed by atoms with van der Waals surface area (Å²) in [6.45, 7) is 6.51. The van der Waals surface area contributed by atoms with E-state index < -0.39 is 13.8 Å². The molecule has 0 bridgehead atoms. The highest BCUT2D eigenvalue weighted by molar-refractivity contribution is 7.53. The number of rotatable bonds is 10. The lowest BCUT2D eigenvalue weighted by Crippen LogP contribution is -2.08. The molecule has 0 aliphatic rings. The molecule has 0 unspecified atom stereocenters. The maximum absolute atomic E-state index is 12.0. The van der Waals surface area contributed by atoms with E-state index in [1.807, 2.05) is 0 Å². The number of carbonyl (C=O) groups excluding carboxylic acids is 1. The van der Waals surface area contributed by atoms with Gasteiger partial charge >= 0.3 is 13.8 Å². The Morgan fingerprint density at radius 1 is 0.944 bits per heavy atom. The fraction of sp³-hybridized carbons (Fsp3) is 0.909. The van der Waals surface area contributed by atoms with Gasteiger partial charge in [-0.15, -0.1) is 0 Å². The summed E-state index contributed by atoms with van der Waals surface area (Å²) in [5, 5.41) is 0. The fourth-order valence-corrected chi connectivity index (χ4v) is 3.01. The minimum atomic E-state index is -2.97. The van der Waals surface area contributed by atoms with Crippen molar-refractivity contribution in [2.24, 2.45) is 0 Å². The Bertz CT molecular complexity index is 258. The molecule has 18 heavy (non-hydrogen) atoms. The third-order valence-electron chi connectivity index (χ3n) is 1.96. The molecule has 0 aromatic rings. The highest BCUT2D eigenvalue weighted by Crippen LogP contribution is 2.48. The molecule has 0 rings (SSSR count). The molecule has 0 N–H and O–H groups in total. The molecule has 0 saturated heterocycles. The van der Waals surface area contributed by atoms with Gasteiger partial charge in [-0.3, -0.25) is 4.57 Å². The zero-order chi connectivity index (χ0) is 13.9. The van der Waals surface area contributed by atoms with Crippen LogP contribution < -0.4 is 0 Å². The molecule has 6 nitrogen and oxygen atoms in total. The van der Waals surface area contributed by atoms with E-state index in [2.05, 4.69) is 4.74 Å². The normalized spacial score (nSPS) is 11.3. The van der Waals surface area contributed by atoms with E-state index >= 15 is 0 Å². The molecule has 0 saturated carbocycles. The Morgan fingerprint density at radius 3 is 2.06 bits per heavy atom. The Morgan fingerprint density at radius 2 is 1.56 bits per heavy atom. The Labute approximate surface area is 108 Å². The summed E-state index contributed by atoms with van der Waals surface area (Å²) in [5.41, 5.74) is 0. The van der Waals surface area contributed by atoms with Gasteiger partial charge in [-0.1, -0.05) is 0 Å². The average Bonchev–Trinajstić information content (AvgIpc) is 2.29.